The molecule has 1 unspecified atom stereocenters. The Morgan fingerprint density at radius 1 is 1.21 bits per heavy atom. The third-order valence-electron chi connectivity index (χ3n) is 7.99. The highest BCUT2D eigenvalue weighted by atomic mass is 32.2. The molecule has 39 heavy (non-hydrogen) atoms. The van der Waals surface area contributed by atoms with Gasteiger partial charge in [-0.2, -0.15) is 0 Å². The number of para-hydroxylation sites is 1. The van der Waals surface area contributed by atoms with Crippen molar-refractivity contribution in [3.05, 3.63) is 70.4 Å². The number of hydrogen-bond acceptors (Lipinski definition) is 8. The molecule has 1 aromatic heterocycles. The van der Waals surface area contributed by atoms with Gasteiger partial charge < -0.3 is 25.7 Å². The largest absolute Gasteiger partial charge is 0.496 e. The van der Waals surface area contributed by atoms with Crippen LogP contribution in [-0.4, -0.2) is 52.2 Å². The molecule has 3 aromatic rings. The average Bonchev–Trinajstić information content (AvgIpc) is 3.57. The molecule has 4 heterocycles. The van der Waals surface area contributed by atoms with E-state index in [1.165, 1.54) is 16.1 Å². The SMILES string of the molecule is COc1cc(C2CCNCC2)c(C)cc1C1(N)N=C(Nc2cccc3c2N(S(C)(=O)=O)CC3)c2cc[nH]c2N1. The summed E-state index contributed by atoms with van der Waals surface area (Å²) in [5.41, 5.74) is 13.3. The normalized spacial score (nSPS) is 21.1. The number of nitrogens with one attached hydrogen (secondary N) is 4. The summed E-state index contributed by atoms with van der Waals surface area (Å²) in [6, 6.07) is 11.8. The van der Waals surface area contributed by atoms with Crippen molar-refractivity contribution >= 4 is 33.1 Å². The molecule has 1 atom stereocenters. The van der Waals surface area contributed by atoms with Gasteiger partial charge in [0.15, 0.2) is 0 Å². The highest BCUT2D eigenvalue weighted by Crippen LogP contribution is 2.41. The minimum atomic E-state index is -3.43. The van der Waals surface area contributed by atoms with E-state index in [-0.39, 0.29) is 0 Å². The highest BCUT2D eigenvalue weighted by Gasteiger charge is 2.38. The molecule has 0 aliphatic carbocycles. The van der Waals surface area contributed by atoms with Gasteiger partial charge in [0.05, 0.1) is 35.9 Å². The molecule has 0 amide bonds. The molecule has 0 radical (unpaired) electrons. The van der Waals surface area contributed by atoms with Gasteiger partial charge in [0.25, 0.3) is 0 Å². The minimum Gasteiger partial charge on any atom is -0.496 e. The van der Waals surface area contributed by atoms with Crippen molar-refractivity contribution in [3.63, 3.8) is 0 Å². The maximum absolute atomic E-state index is 12.5. The van der Waals surface area contributed by atoms with Gasteiger partial charge in [0.2, 0.25) is 15.8 Å². The first kappa shape index (κ1) is 25.7. The summed E-state index contributed by atoms with van der Waals surface area (Å²) in [4.78, 5) is 8.22. The standard InChI is InChI=1S/C28H35N7O3S/c1-17-15-22(24(38-2)16-21(17)18-7-11-30-12-8-18)28(29)33-26-20(9-13-31-26)27(34-28)32-23-6-4-5-19-10-14-35(25(19)23)39(3,36)37/h4-6,9,13,15-16,18,30-31,33H,7-8,10-12,14,29H2,1-3H3,(H,32,34). The second-order valence-corrected chi connectivity index (χ2v) is 12.5. The Balaban J connectivity index is 1.43. The number of methoxy groups -OCH3 is 1. The van der Waals surface area contributed by atoms with Gasteiger partial charge in [0.1, 0.15) is 17.4 Å². The van der Waals surface area contributed by atoms with E-state index in [1.807, 2.05) is 30.5 Å². The van der Waals surface area contributed by atoms with E-state index < -0.39 is 15.8 Å². The van der Waals surface area contributed by atoms with Crippen LogP contribution in [0.15, 0.2) is 47.6 Å². The Morgan fingerprint density at radius 3 is 2.74 bits per heavy atom. The van der Waals surface area contributed by atoms with Gasteiger partial charge in [-0.3, -0.25) is 10.0 Å². The number of amidine groups is 1. The fourth-order valence-electron chi connectivity index (χ4n) is 6.07. The van der Waals surface area contributed by atoms with E-state index in [9.17, 15) is 8.42 Å². The topological polar surface area (TPSA) is 137 Å². The van der Waals surface area contributed by atoms with E-state index in [1.54, 1.807) is 7.11 Å². The van der Waals surface area contributed by atoms with Gasteiger partial charge in [-0.1, -0.05) is 12.1 Å². The number of hydrogen-bond donors (Lipinski definition) is 5. The molecule has 6 N–H and O–H groups in total. The number of nitrogens with zero attached hydrogens (tertiary/aromatic N) is 2. The Kier molecular flexibility index (Phi) is 6.32. The smallest absolute Gasteiger partial charge is 0.232 e. The number of rotatable bonds is 5. The second kappa shape index (κ2) is 9.58. The molecule has 0 bridgehead atoms. The summed E-state index contributed by atoms with van der Waals surface area (Å²) in [5, 5.41) is 10.2. The van der Waals surface area contributed by atoms with Crippen molar-refractivity contribution in [2.24, 2.45) is 10.7 Å². The van der Waals surface area contributed by atoms with Crippen LogP contribution in [0.1, 0.15) is 46.6 Å². The van der Waals surface area contributed by atoms with Crippen LogP contribution in [0.4, 0.5) is 17.2 Å². The second-order valence-electron chi connectivity index (χ2n) is 10.6. The van der Waals surface area contributed by atoms with Crippen molar-refractivity contribution < 1.29 is 13.2 Å². The number of fused-ring (bicyclic) bond motifs is 2. The van der Waals surface area contributed by atoms with Crippen LogP contribution in [0.5, 0.6) is 5.75 Å². The number of aryl methyl sites for hydroxylation is 1. The molecule has 206 valence electrons. The molecule has 0 saturated carbocycles. The lowest BCUT2D eigenvalue weighted by Crippen LogP contribution is -2.47. The summed E-state index contributed by atoms with van der Waals surface area (Å²) in [6.45, 7) is 4.54. The van der Waals surface area contributed by atoms with E-state index in [0.717, 1.165) is 48.2 Å². The number of anilines is 3. The molecule has 6 rings (SSSR count). The van der Waals surface area contributed by atoms with E-state index >= 15 is 0 Å². The maximum Gasteiger partial charge on any atom is 0.232 e. The van der Waals surface area contributed by atoms with Gasteiger partial charge in [-0.05, 0) is 86.1 Å². The minimum absolute atomic E-state index is 0.414. The van der Waals surface area contributed by atoms with Crippen LogP contribution < -0.4 is 30.7 Å². The molecule has 0 spiro atoms. The van der Waals surface area contributed by atoms with Gasteiger partial charge >= 0.3 is 0 Å². The van der Waals surface area contributed by atoms with Crippen molar-refractivity contribution in [2.75, 3.05) is 47.9 Å². The lowest BCUT2D eigenvalue weighted by atomic mass is 9.85. The Hall–Kier alpha value is -3.54. The zero-order valence-electron chi connectivity index (χ0n) is 22.5. The van der Waals surface area contributed by atoms with Crippen molar-refractivity contribution in [1.82, 2.24) is 10.3 Å². The predicted octanol–water partition coefficient (Wildman–Crippen LogP) is 3.17. The Morgan fingerprint density at radius 2 is 2.00 bits per heavy atom. The molecule has 3 aliphatic rings. The zero-order valence-corrected chi connectivity index (χ0v) is 23.3. The number of ether oxygens (including phenoxy) is 1. The highest BCUT2D eigenvalue weighted by molar-refractivity contribution is 7.92. The molecule has 11 heteroatoms. The summed E-state index contributed by atoms with van der Waals surface area (Å²) in [5.74, 6) is 1.05. The van der Waals surface area contributed by atoms with Crippen molar-refractivity contribution in [1.29, 1.82) is 0 Å². The van der Waals surface area contributed by atoms with Crippen LogP contribution in [0.3, 0.4) is 0 Å². The van der Waals surface area contributed by atoms with E-state index in [4.69, 9.17) is 15.5 Å². The fraction of sp³-hybridized carbons (Fsp3) is 0.393. The summed E-state index contributed by atoms with van der Waals surface area (Å²) >= 11 is 0. The van der Waals surface area contributed by atoms with Crippen LogP contribution in [-0.2, 0) is 22.2 Å². The fourth-order valence-corrected chi connectivity index (χ4v) is 7.04. The number of aliphatic imine (C=N–C) groups is 1. The molecule has 3 aliphatic heterocycles. The number of aromatic amines is 1. The van der Waals surface area contributed by atoms with E-state index in [0.29, 0.717) is 47.7 Å². The van der Waals surface area contributed by atoms with Gasteiger partial charge in [-0.25, -0.2) is 13.4 Å². The van der Waals surface area contributed by atoms with Crippen molar-refractivity contribution in [3.8, 4) is 5.75 Å². The van der Waals surface area contributed by atoms with Crippen molar-refractivity contribution in [2.45, 2.75) is 37.9 Å². The Labute approximate surface area is 229 Å². The maximum atomic E-state index is 12.5. The predicted molar refractivity (Wildman–Crippen MR) is 155 cm³/mol. The van der Waals surface area contributed by atoms with Crippen LogP contribution in [0, 0.1) is 6.92 Å². The lowest BCUT2D eigenvalue weighted by molar-refractivity contribution is 0.390. The number of benzene rings is 2. The number of sulfonamides is 1. The number of aromatic nitrogens is 1. The summed E-state index contributed by atoms with van der Waals surface area (Å²) < 4.78 is 32.4. The summed E-state index contributed by atoms with van der Waals surface area (Å²) in [7, 11) is -1.78. The first-order valence-electron chi connectivity index (χ1n) is 13.3. The monoisotopic (exact) mass is 549 g/mol. The third kappa shape index (κ3) is 4.54. The number of piperidine rings is 1. The molecule has 2 aromatic carbocycles. The molecule has 1 fully saturated rings. The van der Waals surface area contributed by atoms with Crippen LogP contribution in [0.25, 0.3) is 0 Å². The third-order valence-corrected chi connectivity index (χ3v) is 9.16. The first-order valence-corrected chi connectivity index (χ1v) is 15.1. The zero-order chi connectivity index (χ0) is 27.4. The lowest BCUT2D eigenvalue weighted by Gasteiger charge is -2.35. The van der Waals surface area contributed by atoms with Crippen LogP contribution >= 0.6 is 0 Å². The van der Waals surface area contributed by atoms with Gasteiger partial charge in [0, 0.05) is 12.7 Å². The quantitative estimate of drug-likeness (QED) is 0.330. The first-order chi connectivity index (χ1) is 18.7. The molecule has 10 nitrogen and oxygen atoms in total. The molecular weight excluding hydrogens is 514 g/mol. The van der Waals surface area contributed by atoms with Crippen LogP contribution in [0.2, 0.25) is 0 Å². The summed E-state index contributed by atoms with van der Waals surface area (Å²) in [6.07, 6.45) is 5.88. The number of nitrogens with two attached hydrogens (primary N) is 1. The molecule has 1 saturated heterocycles. The molecular formula is C28H35N7O3S. The number of H-pyrrole nitrogens is 1. The average molecular weight is 550 g/mol. The Bertz CT molecular complexity index is 1560. The van der Waals surface area contributed by atoms with Gasteiger partial charge in [-0.15, -0.1) is 0 Å². The van der Waals surface area contributed by atoms with E-state index in [2.05, 4.69) is 40.0 Å².